The van der Waals surface area contributed by atoms with Crippen LogP contribution in [-0.2, 0) is 11.3 Å². The molecule has 0 unspecified atom stereocenters. The number of amides is 1. The second-order valence-electron chi connectivity index (χ2n) is 5.71. The predicted octanol–water partition coefficient (Wildman–Crippen LogP) is 3.37. The maximum atomic E-state index is 12.2. The van der Waals surface area contributed by atoms with Crippen molar-refractivity contribution in [2.75, 3.05) is 6.79 Å². The van der Waals surface area contributed by atoms with Crippen LogP contribution < -0.4 is 14.8 Å². The molecular weight excluding hydrogens is 326 g/mol. The number of ether oxygens (including phenoxy) is 2. The molecule has 3 rings (SSSR count). The molecule has 0 radical (unpaired) electrons. The molecule has 126 valence electrons. The van der Waals surface area contributed by atoms with Crippen molar-refractivity contribution in [3.8, 4) is 11.5 Å². The standard InChI is InChI=1S/C18H19NO4S/c1-11-7-14(12(2)24-11)15(20)4-6-18(21)19-9-13-3-5-16-17(8-13)23-10-22-16/h3,5,7-8H,4,6,9-10H2,1-2H3,(H,19,21). The first-order chi connectivity index (χ1) is 11.5. The molecule has 0 fully saturated rings. The average Bonchev–Trinajstić information content (AvgIpc) is 3.15. The third-order valence-corrected chi connectivity index (χ3v) is 4.81. The minimum atomic E-state index is -0.134. The Morgan fingerprint density at radius 1 is 1.12 bits per heavy atom. The fourth-order valence-electron chi connectivity index (χ4n) is 2.61. The zero-order valence-corrected chi connectivity index (χ0v) is 14.5. The Bertz CT molecular complexity index is 781. The van der Waals surface area contributed by atoms with Gasteiger partial charge in [-0.15, -0.1) is 11.3 Å². The molecule has 1 aromatic heterocycles. The molecule has 6 heteroatoms. The van der Waals surface area contributed by atoms with Crippen LogP contribution in [0.1, 0.15) is 38.5 Å². The largest absolute Gasteiger partial charge is 0.454 e. The molecule has 1 aliphatic rings. The molecule has 1 aliphatic heterocycles. The molecule has 0 saturated carbocycles. The van der Waals surface area contributed by atoms with Crippen LogP contribution in [0.4, 0.5) is 0 Å². The van der Waals surface area contributed by atoms with Gasteiger partial charge in [-0.3, -0.25) is 9.59 Å². The van der Waals surface area contributed by atoms with E-state index in [9.17, 15) is 9.59 Å². The van der Waals surface area contributed by atoms with Crippen molar-refractivity contribution >= 4 is 23.0 Å². The minimum absolute atomic E-state index is 0.0232. The number of ketones is 1. The molecule has 0 spiro atoms. The number of aryl methyl sites for hydroxylation is 2. The van der Waals surface area contributed by atoms with Crippen LogP contribution in [-0.4, -0.2) is 18.5 Å². The maximum Gasteiger partial charge on any atom is 0.231 e. The molecule has 5 nitrogen and oxygen atoms in total. The topological polar surface area (TPSA) is 64.6 Å². The number of fused-ring (bicyclic) bond motifs is 1. The van der Waals surface area contributed by atoms with E-state index in [1.165, 1.54) is 0 Å². The third kappa shape index (κ3) is 3.76. The number of thiophene rings is 1. The summed E-state index contributed by atoms with van der Waals surface area (Å²) < 4.78 is 10.6. The van der Waals surface area contributed by atoms with Crippen LogP contribution in [0, 0.1) is 13.8 Å². The number of rotatable bonds is 6. The predicted molar refractivity (Wildman–Crippen MR) is 91.8 cm³/mol. The highest BCUT2D eigenvalue weighted by Gasteiger charge is 2.15. The maximum absolute atomic E-state index is 12.2. The van der Waals surface area contributed by atoms with Crippen molar-refractivity contribution < 1.29 is 19.1 Å². The number of nitrogens with one attached hydrogen (secondary N) is 1. The molecule has 0 atom stereocenters. The highest BCUT2D eigenvalue weighted by Crippen LogP contribution is 2.32. The summed E-state index contributed by atoms with van der Waals surface area (Å²) in [5, 5.41) is 2.83. The summed E-state index contributed by atoms with van der Waals surface area (Å²) >= 11 is 1.61. The van der Waals surface area contributed by atoms with Crippen LogP contribution in [0.5, 0.6) is 11.5 Å². The molecule has 0 aliphatic carbocycles. The smallest absolute Gasteiger partial charge is 0.231 e. The van der Waals surface area contributed by atoms with Crippen LogP contribution >= 0.6 is 11.3 Å². The van der Waals surface area contributed by atoms with E-state index in [4.69, 9.17) is 9.47 Å². The van der Waals surface area contributed by atoms with Gasteiger partial charge >= 0.3 is 0 Å². The average molecular weight is 345 g/mol. The monoisotopic (exact) mass is 345 g/mol. The lowest BCUT2D eigenvalue weighted by Gasteiger charge is -2.06. The zero-order valence-electron chi connectivity index (χ0n) is 13.7. The summed E-state index contributed by atoms with van der Waals surface area (Å²) in [6, 6.07) is 7.46. The lowest BCUT2D eigenvalue weighted by atomic mass is 10.1. The Kier molecular flexibility index (Phi) is 4.85. The van der Waals surface area contributed by atoms with Crippen LogP contribution in [0.15, 0.2) is 24.3 Å². The van der Waals surface area contributed by atoms with Gasteiger partial charge in [-0.05, 0) is 37.6 Å². The van der Waals surface area contributed by atoms with Crippen LogP contribution in [0.3, 0.4) is 0 Å². The highest BCUT2D eigenvalue weighted by molar-refractivity contribution is 7.12. The van der Waals surface area contributed by atoms with Crippen LogP contribution in [0.2, 0.25) is 0 Å². The molecule has 2 aromatic rings. The Morgan fingerprint density at radius 3 is 2.67 bits per heavy atom. The number of carbonyl (C=O) groups is 2. The molecule has 0 bridgehead atoms. The third-order valence-electron chi connectivity index (χ3n) is 3.85. The van der Waals surface area contributed by atoms with E-state index >= 15 is 0 Å². The quantitative estimate of drug-likeness (QED) is 0.815. The first kappa shape index (κ1) is 16.5. The van der Waals surface area contributed by atoms with Gasteiger partial charge < -0.3 is 14.8 Å². The second kappa shape index (κ2) is 7.05. The number of benzene rings is 1. The molecule has 1 amide bonds. The van der Waals surface area contributed by atoms with Gasteiger partial charge in [-0.25, -0.2) is 0 Å². The summed E-state index contributed by atoms with van der Waals surface area (Å²) in [5.74, 6) is 1.30. The van der Waals surface area contributed by atoms with Gasteiger partial charge in [0.05, 0.1) is 0 Å². The summed E-state index contributed by atoms with van der Waals surface area (Å²) in [6.07, 6.45) is 0.418. The van der Waals surface area contributed by atoms with Crippen molar-refractivity contribution in [1.82, 2.24) is 5.32 Å². The molecule has 0 saturated heterocycles. The summed E-state index contributed by atoms with van der Waals surface area (Å²) in [4.78, 5) is 26.3. The SMILES string of the molecule is Cc1cc(C(=O)CCC(=O)NCc2ccc3c(c2)OCO3)c(C)s1. The Hall–Kier alpha value is -2.34. The number of hydrogen-bond donors (Lipinski definition) is 1. The van der Waals surface area contributed by atoms with Crippen molar-refractivity contribution in [2.45, 2.75) is 33.2 Å². The fourth-order valence-corrected chi connectivity index (χ4v) is 3.55. The van der Waals surface area contributed by atoms with Crippen molar-refractivity contribution in [3.05, 3.63) is 45.1 Å². The number of hydrogen-bond acceptors (Lipinski definition) is 5. The van der Waals surface area contributed by atoms with E-state index in [1.807, 2.05) is 38.1 Å². The first-order valence-electron chi connectivity index (χ1n) is 7.78. The van der Waals surface area contributed by atoms with Crippen LogP contribution in [0.25, 0.3) is 0 Å². The summed E-state index contributed by atoms with van der Waals surface area (Å²) in [5.41, 5.74) is 1.67. The number of Topliss-reactive ketones (excluding diaryl/α,β-unsaturated/α-hetero) is 1. The first-order valence-corrected chi connectivity index (χ1v) is 8.60. The van der Waals surface area contributed by atoms with Gasteiger partial charge in [0.2, 0.25) is 12.7 Å². The molecule has 1 N–H and O–H groups in total. The zero-order chi connectivity index (χ0) is 17.1. The van der Waals surface area contributed by atoms with Gasteiger partial charge in [0.15, 0.2) is 17.3 Å². The lowest BCUT2D eigenvalue weighted by Crippen LogP contribution is -2.23. The Labute approximate surface area is 144 Å². The molecule has 24 heavy (non-hydrogen) atoms. The fraction of sp³-hybridized carbons (Fsp3) is 0.333. The molecular formula is C18H19NO4S. The van der Waals surface area contributed by atoms with E-state index in [2.05, 4.69) is 5.32 Å². The van der Waals surface area contributed by atoms with Crippen molar-refractivity contribution in [1.29, 1.82) is 0 Å². The number of carbonyl (C=O) groups excluding carboxylic acids is 2. The van der Waals surface area contributed by atoms with Crippen molar-refractivity contribution in [3.63, 3.8) is 0 Å². The van der Waals surface area contributed by atoms with E-state index in [1.54, 1.807) is 11.3 Å². The lowest BCUT2D eigenvalue weighted by molar-refractivity contribution is -0.121. The van der Waals surface area contributed by atoms with Crippen molar-refractivity contribution in [2.24, 2.45) is 0 Å². The molecule has 2 heterocycles. The van der Waals surface area contributed by atoms with Gasteiger partial charge in [0.25, 0.3) is 0 Å². The second-order valence-corrected chi connectivity index (χ2v) is 7.17. The Balaban J connectivity index is 1.47. The van der Waals surface area contributed by atoms with Gasteiger partial charge in [0.1, 0.15) is 0 Å². The van der Waals surface area contributed by atoms with Gasteiger partial charge in [-0.1, -0.05) is 6.07 Å². The van der Waals surface area contributed by atoms with Gasteiger partial charge in [0, 0.05) is 34.7 Å². The molecule has 1 aromatic carbocycles. The van der Waals surface area contributed by atoms with E-state index in [0.29, 0.717) is 12.3 Å². The highest BCUT2D eigenvalue weighted by atomic mass is 32.1. The Morgan fingerprint density at radius 2 is 1.92 bits per heavy atom. The summed E-state index contributed by atoms with van der Waals surface area (Å²) in [6.45, 7) is 4.55. The summed E-state index contributed by atoms with van der Waals surface area (Å²) in [7, 11) is 0. The normalized spacial score (nSPS) is 12.2. The minimum Gasteiger partial charge on any atom is -0.454 e. The van der Waals surface area contributed by atoms with E-state index in [0.717, 1.165) is 26.6 Å². The van der Waals surface area contributed by atoms with E-state index in [-0.39, 0.29) is 31.3 Å². The van der Waals surface area contributed by atoms with Gasteiger partial charge in [-0.2, -0.15) is 0 Å². The van der Waals surface area contributed by atoms with E-state index < -0.39 is 0 Å².